The lowest BCUT2D eigenvalue weighted by Crippen LogP contribution is -2.10. The first-order valence-electron chi connectivity index (χ1n) is 15.2. The molecule has 2 heteroatoms. The van der Waals surface area contributed by atoms with Gasteiger partial charge >= 0.3 is 0 Å². The molecule has 0 spiro atoms. The van der Waals surface area contributed by atoms with Gasteiger partial charge in [-0.15, -0.1) is 0 Å². The zero-order valence-corrected chi connectivity index (χ0v) is 25.6. The third-order valence-corrected chi connectivity index (χ3v) is 7.97. The molecule has 0 atom stereocenters. The van der Waals surface area contributed by atoms with E-state index in [0.29, 0.717) is 0 Å². The van der Waals surface area contributed by atoms with E-state index in [1.165, 1.54) is 104 Å². The standard InChI is InChI=1S/C37H52O2/c1-29-27-30(19-25-35(29)38-5)17-15-13-11-9-7-8-10-12-14-16-18-31-20-26-36(39-6)34(28-31)32-21-23-33(24-22-32)37(2,3)4/h19-28H,7-18H2,1-6H3. The van der Waals surface area contributed by atoms with Gasteiger partial charge in [-0.25, -0.2) is 0 Å². The van der Waals surface area contributed by atoms with Crippen LogP contribution < -0.4 is 9.47 Å². The van der Waals surface area contributed by atoms with Crippen molar-refractivity contribution in [2.75, 3.05) is 14.2 Å². The second kappa shape index (κ2) is 15.8. The zero-order valence-electron chi connectivity index (χ0n) is 25.6. The highest BCUT2D eigenvalue weighted by Crippen LogP contribution is 2.33. The van der Waals surface area contributed by atoms with Gasteiger partial charge in [0.2, 0.25) is 0 Å². The van der Waals surface area contributed by atoms with Gasteiger partial charge in [-0.05, 0) is 84.0 Å². The molecule has 3 rings (SSSR count). The summed E-state index contributed by atoms with van der Waals surface area (Å²) in [5.41, 5.74) is 8.06. The minimum atomic E-state index is 0.169. The van der Waals surface area contributed by atoms with E-state index in [1.54, 1.807) is 14.2 Å². The first-order chi connectivity index (χ1) is 18.8. The van der Waals surface area contributed by atoms with Gasteiger partial charge in [0.25, 0.3) is 0 Å². The minimum absolute atomic E-state index is 0.169. The normalized spacial score (nSPS) is 11.5. The highest BCUT2D eigenvalue weighted by atomic mass is 16.5. The van der Waals surface area contributed by atoms with Crippen LogP contribution in [0.15, 0.2) is 60.7 Å². The van der Waals surface area contributed by atoms with Gasteiger partial charge in [-0.2, -0.15) is 0 Å². The third kappa shape index (κ3) is 10.1. The summed E-state index contributed by atoms with van der Waals surface area (Å²) in [6.45, 7) is 8.91. The molecule has 0 aromatic heterocycles. The molecule has 39 heavy (non-hydrogen) atoms. The Labute approximate surface area is 239 Å². The molecular weight excluding hydrogens is 476 g/mol. The van der Waals surface area contributed by atoms with Crippen LogP contribution in [0.4, 0.5) is 0 Å². The van der Waals surface area contributed by atoms with Gasteiger partial charge < -0.3 is 9.47 Å². The van der Waals surface area contributed by atoms with E-state index in [2.05, 4.69) is 88.4 Å². The Bertz CT molecular complexity index is 1120. The Kier molecular flexibility index (Phi) is 12.4. The van der Waals surface area contributed by atoms with Crippen LogP contribution in [0.5, 0.6) is 11.5 Å². The quantitative estimate of drug-likeness (QED) is 0.172. The highest BCUT2D eigenvalue weighted by molar-refractivity contribution is 5.71. The maximum absolute atomic E-state index is 5.69. The fraction of sp³-hybridized carbons (Fsp3) is 0.514. The van der Waals surface area contributed by atoms with E-state index in [-0.39, 0.29) is 5.41 Å². The molecule has 0 saturated carbocycles. The summed E-state index contributed by atoms with van der Waals surface area (Å²) < 4.78 is 11.1. The van der Waals surface area contributed by atoms with E-state index in [0.717, 1.165) is 17.9 Å². The predicted octanol–water partition coefficient (Wildman–Crippen LogP) is 10.7. The van der Waals surface area contributed by atoms with E-state index >= 15 is 0 Å². The van der Waals surface area contributed by atoms with E-state index < -0.39 is 0 Å². The van der Waals surface area contributed by atoms with E-state index in [9.17, 15) is 0 Å². The number of ether oxygens (including phenoxy) is 2. The van der Waals surface area contributed by atoms with Crippen LogP contribution in [0.3, 0.4) is 0 Å². The number of methoxy groups -OCH3 is 2. The molecule has 3 aromatic rings. The Hall–Kier alpha value is -2.74. The fourth-order valence-corrected chi connectivity index (χ4v) is 5.45. The number of rotatable bonds is 16. The molecule has 0 amide bonds. The van der Waals surface area contributed by atoms with Gasteiger partial charge in [-0.1, -0.05) is 115 Å². The summed E-state index contributed by atoms with van der Waals surface area (Å²) in [7, 11) is 3.51. The predicted molar refractivity (Wildman–Crippen MR) is 168 cm³/mol. The Morgan fingerprint density at radius 1 is 0.538 bits per heavy atom. The van der Waals surface area contributed by atoms with Crippen molar-refractivity contribution in [2.24, 2.45) is 0 Å². The van der Waals surface area contributed by atoms with Crippen LogP contribution in [-0.2, 0) is 18.3 Å². The summed E-state index contributed by atoms with van der Waals surface area (Å²) in [5.74, 6) is 1.95. The molecule has 0 N–H and O–H groups in total. The average molecular weight is 529 g/mol. The maximum Gasteiger partial charge on any atom is 0.126 e. The second-order valence-electron chi connectivity index (χ2n) is 12.2. The zero-order chi connectivity index (χ0) is 28.1. The summed E-state index contributed by atoms with van der Waals surface area (Å²) in [4.78, 5) is 0. The summed E-state index contributed by atoms with van der Waals surface area (Å²) in [5, 5.41) is 0. The molecule has 0 unspecified atom stereocenters. The maximum atomic E-state index is 5.69. The van der Waals surface area contributed by atoms with Crippen molar-refractivity contribution in [1.82, 2.24) is 0 Å². The molecule has 212 valence electrons. The van der Waals surface area contributed by atoms with Gasteiger partial charge in [0, 0.05) is 5.56 Å². The van der Waals surface area contributed by atoms with Crippen molar-refractivity contribution in [3.05, 3.63) is 82.9 Å². The van der Waals surface area contributed by atoms with Gasteiger partial charge in [0.1, 0.15) is 11.5 Å². The average Bonchev–Trinajstić information content (AvgIpc) is 2.93. The van der Waals surface area contributed by atoms with Crippen molar-refractivity contribution >= 4 is 0 Å². The largest absolute Gasteiger partial charge is 0.496 e. The summed E-state index contributed by atoms with van der Waals surface area (Å²) >= 11 is 0. The Balaban J connectivity index is 1.28. The van der Waals surface area contributed by atoms with Crippen molar-refractivity contribution in [3.8, 4) is 22.6 Å². The fourth-order valence-electron chi connectivity index (χ4n) is 5.45. The number of hydrogen-bond acceptors (Lipinski definition) is 2. The van der Waals surface area contributed by atoms with Crippen LogP contribution >= 0.6 is 0 Å². The first kappa shape index (κ1) is 30.8. The van der Waals surface area contributed by atoms with Crippen LogP contribution in [-0.4, -0.2) is 14.2 Å². The molecule has 0 aliphatic carbocycles. The van der Waals surface area contributed by atoms with Crippen LogP contribution in [0.2, 0.25) is 0 Å². The number of unbranched alkanes of at least 4 members (excludes halogenated alkanes) is 9. The van der Waals surface area contributed by atoms with Crippen molar-refractivity contribution in [3.63, 3.8) is 0 Å². The molecule has 0 fully saturated rings. The van der Waals surface area contributed by atoms with Crippen LogP contribution in [0.1, 0.15) is 107 Å². The molecule has 0 radical (unpaired) electrons. The number of aryl methyl sites for hydroxylation is 3. The Morgan fingerprint density at radius 3 is 1.46 bits per heavy atom. The minimum Gasteiger partial charge on any atom is -0.496 e. The molecule has 2 nitrogen and oxygen atoms in total. The van der Waals surface area contributed by atoms with Gasteiger partial charge in [0.05, 0.1) is 14.2 Å². The van der Waals surface area contributed by atoms with Crippen LogP contribution in [0, 0.1) is 6.92 Å². The second-order valence-corrected chi connectivity index (χ2v) is 12.2. The first-order valence-corrected chi connectivity index (χ1v) is 15.2. The molecule has 0 aliphatic heterocycles. The smallest absolute Gasteiger partial charge is 0.126 e. The molecule has 0 aliphatic rings. The van der Waals surface area contributed by atoms with E-state index in [1.807, 2.05) is 0 Å². The monoisotopic (exact) mass is 528 g/mol. The molecule has 3 aromatic carbocycles. The van der Waals surface area contributed by atoms with Gasteiger partial charge in [-0.3, -0.25) is 0 Å². The number of benzene rings is 3. The number of hydrogen-bond donors (Lipinski definition) is 0. The lowest BCUT2D eigenvalue weighted by Gasteiger charge is -2.19. The van der Waals surface area contributed by atoms with Crippen LogP contribution in [0.25, 0.3) is 11.1 Å². The topological polar surface area (TPSA) is 18.5 Å². The molecular formula is C37H52O2. The summed E-state index contributed by atoms with van der Waals surface area (Å²) in [6.07, 6.45) is 15.8. The van der Waals surface area contributed by atoms with Gasteiger partial charge in [0.15, 0.2) is 0 Å². The van der Waals surface area contributed by atoms with Crippen molar-refractivity contribution < 1.29 is 9.47 Å². The molecule has 0 bridgehead atoms. The SMILES string of the molecule is COc1ccc(CCCCCCCCCCCCc2ccc(OC)c(-c3ccc(C(C)(C)C)cc3)c2)cc1C. The van der Waals surface area contributed by atoms with E-state index in [4.69, 9.17) is 9.47 Å². The summed E-state index contributed by atoms with van der Waals surface area (Å²) in [6, 6.07) is 22.3. The van der Waals surface area contributed by atoms with Crippen molar-refractivity contribution in [1.29, 1.82) is 0 Å². The molecule has 0 heterocycles. The third-order valence-electron chi connectivity index (χ3n) is 7.97. The Morgan fingerprint density at radius 2 is 1.00 bits per heavy atom. The lowest BCUT2D eigenvalue weighted by molar-refractivity contribution is 0.411. The molecule has 0 saturated heterocycles. The lowest BCUT2D eigenvalue weighted by atomic mass is 9.86. The van der Waals surface area contributed by atoms with Crippen molar-refractivity contribution in [2.45, 2.75) is 110 Å². The highest BCUT2D eigenvalue weighted by Gasteiger charge is 2.14.